The lowest BCUT2D eigenvalue weighted by Gasteiger charge is -2.08. The Kier molecular flexibility index (Phi) is 3.96. The number of nitrogens with zero attached hydrogens (tertiary/aromatic N) is 2. The number of hydrogen-bond acceptors (Lipinski definition) is 3. The summed E-state index contributed by atoms with van der Waals surface area (Å²) in [4.78, 5) is 6.21. The van der Waals surface area contributed by atoms with E-state index in [9.17, 15) is 13.2 Å². The molecular weight excluding hydrogens is 245 g/mol. The highest BCUT2D eigenvalue weighted by Gasteiger charge is 2.35. The zero-order chi connectivity index (χ0) is 12.2. The van der Waals surface area contributed by atoms with Gasteiger partial charge in [0.05, 0.1) is 0 Å². The number of halogens is 4. The fourth-order valence-electron chi connectivity index (χ4n) is 0.812. The van der Waals surface area contributed by atoms with Crippen molar-refractivity contribution in [2.24, 2.45) is 0 Å². The summed E-state index contributed by atoms with van der Waals surface area (Å²) in [5.74, 6) is 0.689. The summed E-state index contributed by atoms with van der Waals surface area (Å²) in [6, 6.07) is 1.09. The summed E-state index contributed by atoms with van der Waals surface area (Å²) < 4.78 is 41.7. The van der Waals surface area contributed by atoms with Crippen molar-refractivity contribution in [3.05, 3.63) is 17.0 Å². The molecule has 0 fully saturated rings. The van der Waals surface area contributed by atoms with Crippen LogP contribution in [0.4, 0.5) is 13.2 Å². The lowest BCUT2D eigenvalue weighted by atomic mass is 10.5. The number of terminal acetylenes is 1. The fourth-order valence-corrected chi connectivity index (χ4v) is 0.986. The molecule has 86 valence electrons. The van der Waals surface area contributed by atoms with Gasteiger partial charge in [0.25, 0.3) is 0 Å². The first-order valence-corrected chi connectivity index (χ1v) is 4.49. The molecule has 0 unspecified atom stereocenters. The summed E-state index contributed by atoms with van der Waals surface area (Å²) in [6.07, 6.45) is 0.562. The lowest BCUT2D eigenvalue weighted by molar-refractivity contribution is -0.145. The average Bonchev–Trinajstić information content (AvgIpc) is 2.16. The van der Waals surface area contributed by atoms with Gasteiger partial charge < -0.3 is 4.74 Å². The van der Waals surface area contributed by atoms with E-state index in [0.29, 0.717) is 0 Å². The summed E-state index contributed by atoms with van der Waals surface area (Å²) in [6.45, 7) is 0.0706. The van der Waals surface area contributed by atoms with Crippen LogP contribution in [0.1, 0.15) is 12.2 Å². The third kappa shape index (κ3) is 3.59. The summed E-state index contributed by atoms with van der Waals surface area (Å²) in [5.41, 5.74) is 0. The number of alkyl halides is 3. The van der Waals surface area contributed by atoms with Crippen molar-refractivity contribution in [2.75, 3.05) is 6.61 Å². The van der Waals surface area contributed by atoms with E-state index < -0.39 is 12.0 Å². The zero-order valence-corrected chi connectivity index (χ0v) is 8.64. The van der Waals surface area contributed by atoms with Crippen molar-refractivity contribution in [2.45, 2.75) is 12.6 Å². The van der Waals surface area contributed by atoms with E-state index in [1.54, 1.807) is 0 Å². The van der Waals surface area contributed by atoms with Crippen molar-refractivity contribution in [1.29, 1.82) is 0 Å². The molecule has 1 rings (SSSR count). The Morgan fingerprint density at radius 2 is 2.12 bits per heavy atom. The number of ether oxygens (including phenoxy) is 1. The van der Waals surface area contributed by atoms with E-state index in [4.69, 9.17) is 22.8 Å². The molecule has 0 aliphatic rings. The van der Waals surface area contributed by atoms with E-state index in [0.717, 1.165) is 6.07 Å². The molecule has 7 heteroatoms. The van der Waals surface area contributed by atoms with Crippen molar-refractivity contribution in [3.8, 4) is 18.2 Å². The minimum atomic E-state index is -4.66. The highest BCUT2D eigenvalue weighted by molar-refractivity contribution is 6.29. The van der Waals surface area contributed by atoms with Crippen LogP contribution in [0.2, 0.25) is 5.15 Å². The van der Waals surface area contributed by atoms with Gasteiger partial charge in [-0.25, -0.2) is 4.98 Å². The first-order chi connectivity index (χ1) is 7.43. The van der Waals surface area contributed by atoms with E-state index in [2.05, 4.69) is 15.9 Å². The maximum absolute atomic E-state index is 12.3. The molecule has 0 spiro atoms. The van der Waals surface area contributed by atoms with Crippen LogP contribution < -0.4 is 4.74 Å². The predicted molar refractivity (Wildman–Crippen MR) is 51.0 cm³/mol. The fraction of sp³-hybridized carbons (Fsp3) is 0.333. The van der Waals surface area contributed by atoms with Gasteiger partial charge in [-0.1, -0.05) is 11.6 Å². The number of hydrogen-bond donors (Lipinski definition) is 0. The molecule has 1 aromatic rings. The van der Waals surface area contributed by atoms with Gasteiger partial charge in [0.2, 0.25) is 11.7 Å². The maximum atomic E-state index is 12.3. The van der Waals surface area contributed by atoms with Crippen LogP contribution in [0, 0.1) is 12.3 Å². The van der Waals surface area contributed by atoms with Gasteiger partial charge in [-0.15, -0.1) is 12.3 Å². The zero-order valence-electron chi connectivity index (χ0n) is 7.88. The highest BCUT2D eigenvalue weighted by atomic mass is 35.5. The van der Waals surface area contributed by atoms with Crippen LogP contribution >= 0.6 is 11.6 Å². The Balaban J connectivity index is 2.87. The van der Waals surface area contributed by atoms with Gasteiger partial charge in [0.1, 0.15) is 11.8 Å². The van der Waals surface area contributed by atoms with E-state index in [1.165, 1.54) is 0 Å². The van der Waals surface area contributed by atoms with E-state index in [1.807, 2.05) is 0 Å². The minimum Gasteiger partial charge on any atom is -0.477 e. The second-order valence-electron chi connectivity index (χ2n) is 2.65. The van der Waals surface area contributed by atoms with Crippen molar-refractivity contribution in [3.63, 3.8) is 0 Å². The molecule has 16 heavy (non-hydrogen) atoms. The van der Waals surface area contributed by atoms with Crippen molar-refractivity contribution >= 4 is 11.6 Å². The third-order valence-electron chi connectivity index (χ3n) is 1.42. The number of rotatable bonds is 3. The minimum absolute atomic E-state index is 0.0706. The molecule has 0 aromatic carbocycles. The molecule has 0 aliphatic carbocycles. The molecule has 0 atom stereocenters. The van der Waals surface area contributed by atoms with Crippen LogP contribution in [-0.4, -0.2) is 16.6 Å². The van der Waals surface area contributed by atoms with Crippen LogP contribution in [-0.2, 0) is 6.18 Å². The predicted octanol–water partition coefficient (Wildman–Crippen LogP) is 2.55. The Bertz CT molecular complexity index is 414. The Labute approximate surface area is 94.6 Å². The maximum Gasteiger partial charge on any atom is 0.451 e. The summed E-state index contributed by atoms with van der Waals surface area (Å²) in [5, 5.41) is -0.335. The van der Waals surface area contributed by atoms with Gasteiger partial charge in [0.15, 0.2) is 0 Å². The van der Waals surface area contributed by atoms with E-state index >= 15 is 0 Å². The Morgan fingerprint density at radius 1 is 1.44 bits per heavy atom. The summed E-state index contributed by atoms with van der Waals surface area (Å²) in [7, 11) is 0. The second-order valence-corrected chi connectivity index (χ2v) is 3.04. The van der Waals surface area contributed by atoms with Gasteiger partial charge in [-0.05, 0) is 0 Å². The molecule has 0 bridgehead atoms. The van der Waals surface area contributed by atoms with Crippen LogP contribution in [0.15, 0.2) is 6.07 Å². The Hall–Kier alpha value is -1.48. The van der Waals surface area contributed by atoms with Gasteiger partial charge in [-0.3, -0.25) is 0 Å². The largest absolute Gasteiger partial charge is 0.477 e. The molecular formula is C9H6ClF3N2O. The van der Waals surface area contributed by atoms with Gasteiger partial charge in [0, 0.05) is 12.5 Å². The van der Waals surface area contributed by atoms with Gasteiger partial charge in [-0.2, -0.15) is 18.2 Å². The second kappa shape index (κ2) is 5.03. The highest BCUT2D eigenvalue weighted by Crippen LogP contribution is 2.28. The van der Waals surface area contributed by atoms with Crippen molar-refractivity contribution in [1.82, 2.24) is 9.97 Å². The molecule has 1 aromatic heterocycles. The van der Waals surface area contributed by atoms with Gasteiger partial charge >= 0.3 is 6.18 Å². The summed E-state index contributed by atoms with van der Waals surface area (Å²) >= 11 is 5.40. The van der Waals surface area contributed by atoms with Crippen LogP contribution in [0.5, 0.6) is 5.88 Å². The topological polar surface area (TPSA) is 35.0 Å². The van der Waals surface area contributed by atoms with Crippen molar-refractivity contribution < 1.29 is 17.9 Å². The average molecular weight is 251 g/mol. The van der Waals surface area contributed by atoms with Crippen LogP contribution in [0.25, 0.3) is 0 Å². The number of aromatic nitrogens is 2. The molecule has 3 nitrogen and oxygen atoms in total. The van der Waals surface area contributed by atoms with Crippen LogP contribution in [0.3, 0.4) is 0 Å². The first kappa shape index (κ1) is 12.6. The molecule has 1 heterocycles. The molecule has 0 saturated carbocycles. The molecule has 0 N–H and O–H groups in total. The smallest absolute Gasteiger partial charge is 0.451 e. The standard InChI is InChI=1S/C9H6ClF3N2O/c1-2-3-4-16-7-5-6(10)14-8(15-7)9(11,12)13/h1,5H,3-4H2. The first-order valence-electron chi connectivity index (χ1n) is 4.11. The molecule has 0 amide bonds. The normalized spacial score (nSPS) is 10.9. The molecule has 0 radical (unpaired) electrons. The quantitative estimate of drug-likeness (QED) is 0.470. The molecule has 0 saturated heterocycles. The van der Waals surface area contributed by atoms with E-state index in [-0.39, 0.29) is 24.1 Å². The monoisotopic (exact) mass is 250 g/mol. The molecule has 0 aliphatic heterocycles. The lowest BCUT2D eigenvalue weighted by Crippen LogP contribution is -2.12. The Morgan fingerprint density at radius 3 is 2.69 bits per heavy atom. The third-order valence-corrected chi connectivity index (χ3v) is 1.61. The SMILES string of the molecule is C#CCCOc1cc(Cl)nc(C(F)(F)F)n1.